The summed E-state index contributed by atoms with van der Waals surface area (Å²) in [5.41, 5.74) is 3.90. The summed E-state index contributed by atoms with van der Waals surface area (Å²) in [5.74, 6) is -0.0597. The molecule has 0 radical (unpaired) electrons. The number of para-hydroxylation sites is 1. The van der Waals surface area contributed by atoms with Crippen LogP contribution in [0, 0.1) is 6.92 Å². The smallest absolute Gasteiger partial charge is 0.259 e. The molecule has 1 heterocycles. The summed E-state index contributed by atoms with van der Waals surface area (Å²) in [4.78, 5) is 13.1. The maximum Gasteiger partial charge on any atom is 0.259 e. The summed E-state index contributed by atoms with van der Waals surface area (Å²) >= 11 is 0. The highest BCUT2D eigenvalue weighted by Crippen LogP contribution is 2.43. The van der Waals surface area contributed by atoms with E-state index in [1.54, 1.807) is 0 Å². The standard InChI is InChI=1S/C21H18N2O/c1-15-11-13-17(14-12-15)23-21(16-7-3-2-4-8-16)18-9-5-6-10-19(18)22-20(21)24/h2-14,23H,1H3,(H,22,24). The summed E-state index contributed by atoms with van der Waals surface area (Å²) in [6.07, 6.45) is 0. The normalized spacial score (nSPS) is 18.8. The second kappa shape index (κ2) is 5.53. The molecule has 118 valence electrons. The number of rotatable bonds is 3. The Kier molecular flexibility index (Phi) is 3.35. The van der Waals surface area contributed by atoms with Crippen molar-refractivity contribution in [1.29, 1.82) is 0 Å². The number of amides is 1. The van der Waals surface area contributed by atoms with Crippen molar-refractivity contribution >= 4 is 17.3 Å². The van der Waals surface area contributed by atoms with Gasteiger partial charge in [0.05, 0.1) is 0 Å². The zero-order valence-electron chi connectivity index (χ0n) is 13.4. The molecule has 2 N–H and O–H groups in total. The Morgan fingerprint density at radius 2 is 1.50 bits per heavy atom. The van der Waals surface area contributed by atoms with Gasteiger partial charge >= 0.3 is 0 Å². The van der Waals surface area contributed by atoms with Crippen molar-refractivity contribution in [2.45, 2.75) is 12.5 Å². The number of aryl methyl sites for hydroxylation is 1. The van der Waals surface area contributed by atoms with Crippen molar-refractivity contribution in [3.63, 3.8) is 0 Å². The van der Waals surface area contributed by atoms with Gasteiger partial charge in [-0.1, -0.05) is 66.2 Å². The second-order valence-corrected chi connectivity index (χ2v) is 6.11. The lowest BCUT2D eigenvalue weighted by Crippen LogP contribution is -2.43. The molecule has 3 aromatic rings. The van der Waals surface area contributed by atoms with Gasteiger partial charge in [-0.05, 0) is 30.7 Å². The minimum absolute atomic E-state index is 0.0597. The van der Waals surface area contributed by atoms with E-state index in [4.69, 9.17) is 0 Å². The molecule has 1 aliphatic heterocycles. The largest absolute Gasteiger partial charge is 0.364 e. The van der Waals surface area contributed by atoms with Crippen LogP contribution in [0.1, 0.15) is 16.7 Å². The Morgan fingerprint density at radius 1 is 0.833 bits per heavy atom. The second-order valence-electron chi connectivity index (χ2n) is 6.11. The Hall–Kier alpha value is -3.07. The third kappa shape index (κ3) is 2.17. The fourth-order valence-corrected chi connectivity index (χ4v) is 3.28. The summed E-state index contributed by atoms with van der Waals surface area (Å²) in [6, 6.07) is 25.8. The van der Waals surface area contributed by atoms with E-state index in [0.717, 1.165) is 22.5 Å². The summed E-state index contributed by atoms with van der Waals surface area (Å²) < 4.78 is 0. The first-order valence-corrected chi connectivity index (χ1v) is 8.01. The molecule has 0 aromatic heterocycles. The van der Waals surface area contributed by atoms with E-state index in [1.807, 2.05) is 85.8 Å². The fraction of sp³-hybridized carbons (Fsp3) is 0.0952. The lowest BCUT2D eigenvalue weighted by molar-refractivity contribution is -0.118. The topological polar surface area (TPSA) is 41.1 Å². The molecular formula is C21H18N2O. The van der Waals surface area contributed by atoms with Gasteiger partial charge in [0.25, 0.3) is 5.91 Å². The Balaban J connectivity index is 1.91. The Labute approximate surface area is 141 Å². The lowest BCUT2D eigenvalue weighted by Gasteiger charge is -2.30. The highest BCUT2D eigenvalue weighted by atomic mass is 16.2. The van der Waals surface area contributed by atoms with E-state index < -0.39 is 5.54 Å². The van der Waals surface area contributed by atoms with E-state index >= 15 is 0 Å². The number of carbonyl (C=O) groups is 1. The van der Waals surface area contributed by atoms with Crippen molar-refractivity contribution in [3.05, 3.63) is 95.6 Å². The van der Waals surface area contributed by atoms with Crippen LogP contribution in [0.15, 0.2) is 78.9 Å². The first kappa shape index (κ1) is 14.5. The van der Waals surface area contributed by atoms with Gasteiger partial charge in [0, 0.05) is 16.9 Å². The van der Waals surface area contributed by atoms with Gasteiger partial charge in [0.2, 0.25) is 0 Å². The van der Waals surface area contributed by atoms with Gasteiger partial charge in [-0.3, -0.25) is 4.79 Å². The summed E-state index contributed by atoms with van der Waals surface area (Å²) in [5, 5.41) is 6.51. The van der Waals surface area contributed by atoms with Crippen LogP contribution in [0.3, 0.4) is 0 Å². The molecule has 0 bridgehead atoms. The number of fused-ring (bicyclic) bond motifs is 1. The molecule has 24 heavy (non-hydrogen) atoms. The molecule has 3 heteroatoms. The molecular weight excluding hydrogens is 296 g/mol. The number of hydrogen-bond donors (Lipinski definition) is 2. The van der Waals surface area contributed by atoms with Crippen LogP contribution in [0.2, 0.25) is 0 Å². The van der Waals surface area contributed by atoms with Gasteiger partial charge in [-0.2, -0.15) is 0 Å². The molecule has 1 atom stereocenters. The Morgan fingerprint density at radius 3 is 2.25 bits per heavy atom. The van der Waals surface area contributed by atoms with Crippen LogP contribution in [0.5, 0.6) is 0 Å². The third-order valence-corrected chi connectivity index (χ3v) is 4.51. The molecule has 3 aromatic carbocycles. The highest BCUT2D eigenvalue weighted by Gasteiger charge is 2.48. The van der Waals surface area contributed by atoms with Crippen LogP contribution >= 0.6 is 0 Å². The molecule has 0 aliphatic carbocycles. The number of anilines is 2. The van der Waals surface area contributed by atoms with Crippen molar-refractivity contribution in [2.75, 3.05) is 10.6 Å². The average Bonchev–Trinajstić information content (AvgIpc) is 2.90. The molecule has 4 rings (SSSR count). The predicted octanol–water partition coefficient (Wildman–Crippen LogP) is 4.30. The van der Waals surface area contributed by atoms with E-state index in [0.29, 0.717) is 0 Å². The van der Waals surface area contributed by atoms with Crippen LogP contribution < -0.4 is 10.6 Å². The molecule has 1 aliphatic rings. The van der Waals surface area contributed by atoms with Gasteiger partial charge in [0.1, 0.15) is 0 Å². The van der Waals surface area contributed by atoms with Crippen LogP contribution in [0.25, 0.3) is 0 Å². The summed E-state index contributed by atoms with van der Waals surface area (Å²) in [7, 11) is 0. The minimum atomic E-state index is -0.924. The SMILES string of the molecule is Cc1ccc(NC2(c3ccccc3)C(=O)Nc3ccccc32)cc1. The molecule has 0 spiro atoms. The first-order valence-electron chi connectivity index (χ1n) is 8.01. The molecule has 1 amide bonds. The van der Waals surface area contributed by atoms with Crippen molar-refractivity contribution in [3.8, 4) is 0 Å². The average molecular weight is 314 g/mol. The van der Waals surface area contributed by atoms with Gasteiger partial charge in [-0.25, -0.2) is 0 Å². The first-order chi connectivity index (χ1) is 11.7. The van der Waals surface area contributed by atoms with E-state index in [2.05, 4.69) is 10.6 Å². The van der Waals surface area contributed by atoms with Crippen LogP contribution in [-0.4, -0.2) is 5.91 Å². The van der Waals surface area contributed by atoms with Gasteiger partial charge in [0.15, 0.2) is 5.54 Å². The van der Waals surface area contributed by atoms with E-state index in [1.165, 1.54) is 5.56 Å². The summed E-state index contributed by atoms with van der Waals surface area (Å²) in [6.45, 7) is 2.05. The molecule has 0 saturated heterocycles. The lowest BCUT2D eigenvalue weighted by atomic mass is 9.83. The molecule has 0 fully saturated rings. The van der Waals surface area contributed by atoms with Crippen molar-refractivity contribution in [2.24, 2.45) is 0 Å². The molecule has 3 nitrogen and oxygen atoms in total. The van der Waals surface area contributed by atoms with E-state index in [9.17, 15) is 4.79 Å². The maximum atomic E-state index is 13.1. The predicted molar refractivity (Wildman–Crippen MR) is 97.1 cm³/mol. The quantitative estimate of drug-likeness (QED) is 0.756. The van der Waals surface area contributed by atoms with Gasteiger partial charge in [-0.15, -0.1) is 0 Å². The molecule has 1 unspecified atom stereocenters. The Bertz CT molecular complexity index is 887. The zero-order valence-corrected chi connectivity index (χ0v) is 13.4. The number of benzene rings is 3. The number of nitrogens with one attached hydrogen (secondary N) is 2. The molecule has 0 saturated carbocycles. The van der Waals surface area contributed by atoms with Crippen molar-refractivity contribution < 1.29 is 4.79 Å². The zero-order chi connectivity index (χ0) is 16.6. The number of carbonyl (C=O) groups excluding carboxylic acids is 1. The highest BCUT2D eigenvalue weighted by molar-refractivity contribution is 6.10. The minimum Gasteiger partial charge on any atom is -0.364 e. The maximum absolute atomic E-state index is 13.1. The van der Waals surface area contributed by atoms with Crippen molar-refractivity contribution in [1.82, 2.24) is 0 Å². The van der Waals surface area contributed by atoms with E-state index in [-0.39, 0.29) is 5.91 Å². The number of hydrogen-bond acceptors (Lipinski definition) is 2. The fourth-order valence-electron chi connectivity index (χ4n) is 3.28. The monoisotopic (exact) mass is 314 g/mol. The van der Waals surface area contributed by atoms with Crippen LogP contribution in [-0.2, 0) is 10.3 Å². The van der Waals surface area contributed by atoms with Crippen LogP contribution in [0.4, 0.5) is 11.4 Å². The van der Waals surface area contributed by atoms with Gasteiger partial charge < -0.3 is 10.6 Å². The third-order valence-electron chi connectivity index (χ3n) is 4.51.